The molecule has 1 unspecified atom stereocenters. The Morgan fingerprint density at radius 3 is 2.41 bits per heavy atom. The van der Waals surface area contributed by atoms with Crippen LogP contribution in [0, 0.1) is 25.2 Å². The molecular weight excluding hydrogens is 540 g/mol. The number of benzene rings is 2. The first kappa shape index (κ1) is 28.8. The molecule has 0 radical (unpaired) electrons. The van der Waals surface area contributed by atoms with Crippen molar-refractivity contribution in [2.45, 2.75) is 56.9 Å². The summed E-state index contributed by atoms with van der Waals surface area (Å²) >= 11 is 0. The van der Waals surface area contributed by atoms with Gasteiger partial charge in [0.15, 0.2) is 0 Å². The van der Waals surface area contributed by atoms with Gasteiger partial charge < -0.3 is 15.6 Å². The molecule has 11 heteroatoms. The lowest BCUT2D eigenvalue weighted by Crippen LogP contribution is -2.51. The van der Waals surface area contributed by atoms with Crippen LogP contribution < -0.4 is 15.2 Å². The number of aromatic nitrogens is 2. The number of rotatable bonds is 9. The first-order chi connectivity index (χ1) is 18.1. The third-order valence-electron chi connectivity index (χ3n) is 7.89. The number of aromatic carboxylic acids is 1. The number of carboxylic acid groups (broad SMARTS) is 1. The monoisotopic (exact) mass is 572 g/mol. The van der Waals surface area contributed by atoms with E-state index in [-0.39, 0.29) is 47.3 Å². The minimum Gasteiger partial charge on any atom is -0.478 e. The molecular formula is C28H33ClN4O5S. The van der Waals surface area contributed by atoms with E-state index in [1.54, 1.807) is 6.07 Å². The van der Waals surface area contributed by atoms with Crippen molar-refractivity contribution in [2.24, 2.45) is 17.1 Å². The van der Waals surface area contributed by atoms with E-state index in [0.29, 0.717) is 17.0 Å². The van der Waals surface area contributed by atoms with Gasteiger partial charge in [0.05, 0.1) is 16.2 Å². The fourth-order valence-corrected chi connectivity index (χ4v) is 6.61. The van der Waals surface area contributed by atoms with Crippen LogP contribution in [0.1, 0.15) is 53.6 Å². The van der Waals surface area contributed by atoms with Gasteiger partial charge in [0.1, 0.15) is 6.61 Å². The van der Waals surface area contributed by atoms with Crippen molar-refractivity contribution < 1.29 is 23.1 Å². The Kier molecular flexibility index (Phi) is 8.20. The maximum Gasteiger partial charge on any atom is 0.335 e. The zero-order valence-corrected chi connectivity index (χ0v) is 23.5. The van der Waals surface area contributed by atoms with E-state index in [0.717, 1.165) is 35.6 Å². The SMILES string of the molecule is Cc1cccc(C)c1-c1cc(OCC(N)C2CC3(CCC3)C2)nc(NS(=O)(=O)c2cccc(C(=O)O)c2)n1.Cl. The summed E-state index contributed by atoms with van der Waals surface area (Å²) in [4.78, 5) is 19.9. The standard InChI is InChI=1S/C28H32N4O5S.ClH/c1-17-6-3-7-18(2)25(17)23-13-24(37-16-22(29)20-14-28(15-20)10-5-11-28)31-27(30-23)32-38(35,36)21-9-4-8-19(12-21)26(33)34;/h3-4,6-9,12-13,20,22H,5,10-11,14-16,29H2,1-2H3,(H,33,34)(H,30,31,32);1H. The van der Waals surface area contributed by atoms with E-state index in [1.807, 2.05) is 32.0 Å². The number of carboxylic acids is 1. The maximum atomic E-state index is 13.1. The van der Waals surface area contributed by atoms with Crippen LogP contribution >= 0.6 is 12.4 Å². The van der Waals surface area contributed by atoms with Crippen LogP contribution in [-0.4, -0.2) is 42.1 Å². The molecule has 9 nitrogen and oxygen atoms in total. The third kappa shape index (κ3) is 6.03. The molecule has 2 fully saturated rings. The number of hydrogen-bond acceptors (Lipinski definition) is 7. The van der Waals surface area contributed by atoms with E-state index in [9.17, 15) is 18.3 Å². The van der Waals surface area contributed by atoms with Crippen LogP contribution in [0.15, 0.2) is 53.4 Å². The zero-order chi connectivity index (χ0) is 27.1. The molecule has 2 aromatic carbocycles. The van der Waals surface area contributed by atoms with E-state index in [2.05, 4.69) is 14.7 Å². The van der Waals surface area contributed by atoms with Gasteiger partial charge in [-0.25, -0.2) is 22.9 Å². The summed E-state index contributed by atoms with van der Waals surface area (Å²) < 4.78 is 34.6. The van der Waals surface area contributed by atoms with Crippen LogP contribution in [0.5, 0.6) is 5.88 Å². The van der Waals surface area contributed by atoms with Crippen molar-refractivity contribution in [1.29, 1.82) is 0 Å². The first-order valence-electron chi connectivity index (χ1n) is 12.8. The second-order valence-electron chi connectivity index (χ2n) is 10.6. The number of anilines is 1. The first-order valence-corrected chi connectivity index (χ1v) is 14.2. The maximum absolute atomic E-state index is 13.1. The van der Waals surface area contributed by atoms with Gasteiger partial charge in [-0.1, -0.05) is 30.7 Å². The Balaban J connectivity index is 0.00000353. The highest BCUT2D eigenvalue weighted by molar-refractivity contribution is 7.92. The van der Waals surface area contributed by atoms with Crippen molar-refractivity contribution in [3.05, 3.63) is 65.2 Å². The number of hydrogen-bond donors (Lipinski definition) is 3. The van der Waals surface area contributed by atoms with Crippen LogP contribution in [0.4, 0.5) is 5.95 Å². The molecule has 1 heterocycles. The Morgan fingerprint density at radius 2 is 1.79 bits per heavy atom. The molecule has 0 bridgehead atoms. The molecule has 5 rings (SSSR count). The van der Waals surface area contributed by atoms with Crippen molar-refractivity contribution in [1.82, 2.24) is 9.97 Å². The van der Waals surface area contributed by atoms with Gasteiger partial charge in [-0.3, -0.25) is 0 Å². The number of carbonyl (C=O) groups is 1. The van der Waals surface area contributed by atoms with Gasteiger partial charge in [0, 0.05) is 17.7 Å². The Labute approximate surface area is 234 Å². The Morgan fingerprint density at radius 1 is 1.13 bits per heavy atom. The summed E-state index contributed by atoms with van der Waals surface area (Å²) in [5.41, 5.74) is 10.1. The van der Waals surface area contributed by atoms with E-state index >= 15 is 0 Å². The fraction of sp³-hybridized carbons (Fsp3) is 0.393. The predicted octanol–water partition coefficient (Wildman–Crippen LogP) is 4.97. The molecule has 0 saturated heterocycles. The lowest BCUT2D eigenvalue weighted by Gasteiger charge is -2.55. The largest absolute Gasteiger partial charge is 0.478 e. The van der Waals surface area contributed by atoms with Gasteiger partial charge in [-0.05, 0) is 80.2 Å². The molecule has 2 aliphatic carbocycles. The number of nitrogens with one attached hydrogen (secondary N) is 1. The number of nitrogens with zero attached hydrogens (tertiary/aromatic N) is 2. The molecule has 1 spiro atoms. The Bertz CT molecular complexity index is 1460. The molecule has 3 aromatic rings. The number of ether oxygens (including phenoxy) is 1. The van der Waals surface area contributed by atoms with Gasteiger partial charge in [0.2, 0.25) is 11.8 Å². The van der Waals surface area contributed by atoms with Crippen molar-refractivity contribution in [3.8, 4) is 17.1 Å². The van der Waals surface area contributed by atoms with Crippen LogP contribution in [0.3, 0.4) is 0 Å². The number of sulfonamides is 1. The lowest BCUT2D eigenvalue weighted by atomic mass is 9.50. The van der Waals surface area contributed by atoms with Crippen molar-refractivity contribution in [3.63, 3.8) is 0 Å². The fourth-order valence-electron chi connectivity index (χ4n) is 5.62. The smallest absolute Gasteiger partial charge is 0.335 e. The summed E-state index contributed by atoms with van der Waals surface area (Å²) in [7, 11) is -4.17. The second-order valence-corrected chi connectivity index (χ2v) is 12.3. The van der Waals surface area contributed by atoms with Gasteiger partial charge in [-0.2, -0.15) is 4.98 Å². The summed E-state index contributed by atoms with van der Waals surface area (Å²) in [5, 5.41) is 9.26. The van der Waals surface area contributed by atoms with E-state index in [4.69, 9.17) is 10.5 Å². The molecule has 0 amide bonds. The summed E-state index contributed by atoms with van der Waals surface area (Å²) in [5.74, 6) is -0.777. The quantitative estimate of drug-likeness (QED) is 0.326. The van der Waals surface area contributed by atoms with Crippen molar-refractivity contribution >= 4 is 34.3 Å². The summed E-state index contributed by atoms with van der Waals surface area (Å²) in [6.07, 6.45) is 6.16. The highest BCUT2D eigenvalue weighted by atomic mass is 35.5. The molecule has 2 aliphatic rings. The number of halogens is 1. The average Bonchev–Trinajstić information content (AvgIpc) is 2.80. The minimum atomic E-state index is -4.17. The molecule has 1 aromatic heterocycles. The van der Waals surface area contributed by atoms with Crippen LogP contribution in [0.25, 0.3) is 11.3 Å². The average molecular weight is 573 g/mol. The van der Waals surface area contributed by atoms with Crippen LogP contribution in [-0.2, 0) is 10.0 Å². The number of nitrogens with two attached hydrogens (primary N) is 1. The van der Waals surface area contributed by atoms with Crippen molar-refractivity contribution in [2.75, 3.05) is 11.3 Å². The topological polar surface area (TPSA) is 144 Å². The van der Waals surface area contributed by atoms with E-state index in [1.165, 1.54) is 37.5 Å². The minimum absolute atomic E-state index is 0. The molecule has 2 saturated carbocycles. The predicted molar refractivity (Wildman–Crippen MR) is 151 cm³/mol. The molecule has 1 atom stereocenters. The van der Waals surface area contributed by atoms with Crippen LogP contribution in [0.2, 0.25) is 0 Å². The van der Waals surface area contributed by atoms with E-state index < -0.39 is 16.0 Å². The van der Waals surface area contributed by atoms with Gasteiger partial charge in [-0.15, -0.1) is 12.4 Å². The molecule has 208 valence electrons. The number of aryl methyl sites for hydroxylation is 2. The Hall–Kier alpha value is -3.21. The molecule has 4 N–H and O–H groups in total. The lowest BCUT2D eigenvalue weighted by molar-refractivity contribution is -0.0402. The van der Waals surface area contributed by atoms with Gasteiger partial charge >= 0.3 is 5.97 Å². The third-order valence-corrected chi connectivity index (χ3v) is 9.22. The highest BCUT2D eigenvalue weighted by Gasteiger charge is 2.49. The molecule has 39 heavy (non-hydrogen) atoms. The normalized spacial score (nSPS) is 16.9. The zero-order valence-electron chi connectivity index (χ0n) is 21.9. The summed E-state index contributed by atoms with van der Waals surface area (Å²) in [6, 6.07) is 12.5. The molecule has 0 aliphatic heterocycles. The summed E-state index contributed by atoms with van der Waals surface area (Å²) in [6.45, 7) is 4.17. The van der Waals surface area contributed by atoms with Gasteiger partial charge in [0.25, 0.3) is 10.0 Å². The second kappa shape index (κ2) is 11.1. The highest BCUT2D eigenvalue weighted by Crippen LogP contribution is 2.59.